The molecule has 0 aliphatic carbocycles. The van der Waals surface area contributed by atoms with E-state index in [2.05, 4.69) is 0 Å². The summed E-state index contributed by atoms with van der Waals surface area (Å²) in [6.45, 7) is -0.311. The van der Waals surface area contributed by atoms with Gasteiger partial charge in [-0.05, 0) is 54.1 Å². The van der Waals surface area contributed by atoms with Crippen molar-refractivity contribution in [2.75, 3.05) is 0 Å². The number of hydrogen-bond acceptors (Lipinski definition) is 5. The third-order valence-electron chi connectivity index (χ3n) is 5.00. The maximum Gasteiger partial charge on any atom is 0.346 e. The number of carboxylic acid groups (broad SMARTS) is 1. The standard InChI is InChI=1S/C22H14Cl2N2O6S/c23-14-5-8-16(9-6-14)33(31,32)26-20(27)18-10-7-15(24)11-19(18)25(22(26)30)12-13-3-1-2-4-17(13)21(28)29/h1-11H,12H2,(H,28,29). The van der Waals surface area contributed by atoms with Gasteiger partial charge in [-0.2, -0.15) is 0 Å². The van der Waals surface area contributed by atoms with Crippen LogP contribution in [0.4, 0.5) is 0 Å². The number of carboxylic acids is 1. The van der Waals surface area contributed by atoms with Gasteiger partial charge in [0.1, 0.15) is 0 Å². The molecule has 0 fully saturated rings. The minimum atomic E-state index is -4.60. The van der Waals surface area contributed by atoms with Gasteiger partial charge < -0.3 is 5.11 Å². The number of fused-ring (bicyclic) bond motifs is 1. The maximum atomic E-state index is 13.4. The fraction of sp³-hybridized carbons (Fsp3) is 0.0455. The molecule has 11 heteroatoms. The fourth-order valence-corrected chi connectivity index (χ4v) is 5.04. The molecular weight excluding hydrogens is 491 g/mol. The highest BCUT2D eigenvalue weighted by molar-refractivity contribution is 7.90. The van der Waals surface area contributed by atoms with Crippen LogP contribution in [0.1, 0.15) is 15.9 Å². The second-order valence-electron chi connectivity index (χ2n) is 7.02. The molecule has 0 aliphatic heterocycles. The van der Waals surface area contributed by atoms with Gasteiger partial charge in [-0.3, -0.25) is 9.36 Å². The van der Waals surface area contributed by atoms with Gasteiger partial charge in [-0.15, -0.1) is 3.97 Å². The van der Waals surface area contributed by atoms with E-state index in [1.54, 1.807) is 6.07 Å². The Labute approximate surface area is 196 Å². The Bertz CT molecular complexity index is 1640. The Kier molecular flexibility index (Phi) is 5.87. The topological polar surface area (TPSA) is 115 Å². The average Bonchev–Trinajstić information content (AvgIpc) is 2.77. The highest BCUT2D eigenvalue weighted by Crippen LogP contribution is 2.20. The second-order valence-corrected chi connectivity index (χ2v) is 9.68. The molecule has 4 aromatic rings. The first kappa shape index (κ1) is 22.8. The summed E-state index contributed by atoms with van der Waals surface area (Å²) in [5.41, 5.74) is -1.98. The quantitative estimate of drug-likeness (QED) is 0.444. The molecule has 8 nitrogen and oxygen atoms in total. The van der Waals surface area contributed by atoms with Crippen LogP contribution in [0.3, 0.4) is 0 Å². The predicted molar refractivity (Wildman–Crippen MR) is 124 cm³/mol. The highest BCUT2D eigenvalue weighted by Gasteiger charge is 2.26. The SMILES string of the molecule is O=C(O)c1ccccc1Cn1c(=O)n(S(=O)(=O)c2ccc(Cl)cc2)c(=O)c2ccc(Cl)cc21. The lowest BCUT2D eigenvalue weighted by molar-refractivity contribution is 0.0695. The van der Waals surface area contributed by atoms with Crippen LogP contribution in [0.2, 0.25) is 10.0 Å². The molecule has 1 aromatic heterocycles. The Morgan fingerprint density at radius 3 is 2.21 bits per heavy atom. The molecule has 1 heterocycles. The molecule has 3 aromatic carbocycles. The number of benzene rings is 3. The largest absolute Gasteiger partial charge is 0.478 e. The number of nitrogens with zero attached hydrogens (tertiary/aromatic N) is 2. The zero-order valence-electron chi connectivity index (χ0n) is 16.6. The van der Waals surface area contributed by atoms with Crippen molar-refractivity contribution in [1.82, 2.24) is 8.54 Å². The molecule has 168 valence electrons. The maximum absolute atomic E-state index is 13.4. The minimum Gasteiger partial charge on any atom is -0.478 e. The summed E-state index contributed by atoms with van der Waals surface area (Å²) in [6, 6.07) is 15.0. The molecule has 0 aliphatic rings. The van der Waals surface area contributed by atoms with Crippen LogP contribution >= 0.6 is 23.2 Å². The molecule has 0 unspecified atom stereocenters. The Hall–Kier alpha value is -3.40. The second kappa shape index (κ2) is 8.51. The van der Waals surface area contributed by atoms with E-state index in [0.29, 0.717) is 0 Å². The van der Waals surface area contributed by atoms with E-state index < -0.39 is 27.2 Å². The lowest BCUT2D eigenvalue weighted by Crippen LogP contribution is -2.44. The van der Waals surface area contributed by atoms with Crippen LogP contribution in [0, 0.1) is 0 Å². The average molecular weight is 505 g/mol. The molecule has 0 atom stereocenters. The zero-order valence-corrected chi connectivity index (χ0v) is 18.9. The summed E-state index contributed by atoms with van der Waals surface area (Å²) >= 11 is 11.9. The first-order chi connectivity index (χ1) is 15.6. The summed E-state index contributed by atoms with van der Waals surface area (Å²) in [4.78, 5) is 37.9. The van der Waals surface area contributed by atoms with Gasteiger partial charge in [0.15, 0.2) is 0 Å². The summed E-state index contributed by atoms with van der Waals surface area (Å²) in [5.74, 6) is -1.22. The van der Waals surface area contributed by atoms with Crippen molar-refractivity contribution in [3.63, 3.8) is 0 Å². The molecule has 0 amide bonds. The number of carbonyl (C=O) groups is 1. The summed E-state index contributed by atoms with van der Waals surface area (Å²) in [5, 5.41) is 9.90. The van der Waals surface area contributed by atoms with Crippen molar-refractivity contribution >= 4 is 50.1 Å². The van der Waals surface area contributed by atoms with Gasteiger partial charge in [-0.1, -0.05) is 41.4 Å². The van der Waals surface area contributed by atoms with E-state index in [4.69, 9.17) is 23.2 Å². The summed E-state index contributed by atoms with van der Waals surface area (Å²) < 4.78 is 27.7. The monoisotopic (exact) mass is 504 g/mol. The molecule has 0 saturated heterocycles. The van der Waals surface area contributed by atoms with E-state index in [0.717, 1.165) is 4.57 Å². The van der Waals surface area contributed by atoms with E-state index >= 15 is 0 Å². The van der Waals surface area contributed by atoms with E-state index in [1.807, 2.05) is 0 Å². The van der Waals surface area contributed by atoms with E-state index in [-0.39, 0.29) is 47.5 Å². The van der Waals surface area contributed by atoms with Crippen molar-refractivity contribution in [2.24, 2.45) is 0 Å². The van der Waals surface area contributed by atoms with Crippen molar-refractivity contribution in [3.05, 3.63) is 109 Å². The molecule has 0 spiro atoms. The number of hydrogen-bond donors (Lipinski definition) is 1. The van der Waals surface area contributed by atoms with E-state index in [1.165, 1.54) is 60.7 Å². The Morgan fingerprint density at radius 1 is 0.909 bits per heavy atom. The third-order valence-corrected chi connectivity index (χ3v) is 7.16. The van der Waals surface area contributed by atoms with Gasteiger partial charge in [-0.25, -0.2) is 18.0 Å². The van der Waals surface area contributed by atoms with Gasteiger partial charge >= 0.3 is 11.7 Å². The smallest absolute Gasteiger partial charge is 0.346 e. The molecular formula is C22H14Cl2N2O6S. The molecule has 4 rings (SSSR count). The molecule has 0 bridgehead atoms. The number of rotatable bonds is 5. The van der Waals surface area contributed by atoms with Crippen LogP contribution in [-0.2, 0) is 16.6 Å². The van der Waals surface area contributed by atoms with Gasteiger partial charge in [0.2, 0.25) is 0 Å². The fourth-order valence-electron chi connectivity index (χ4n) is 3.43. The van der Waals surface area contributed by atoms with Gasteiger partial charge in [0.25, 0.3) is 15.6 Å². The van der Waals surface area contributed by atoms with Crippen LogP contribution in [0.25, 0.3) is 10.9 Å². The lowest BCUT2D eigenvalue weighted by atomic mass is 10.1. The summed E-state index contributed by atoms with van der Waals surface area (Å²) in [7, 11) is -4.60. The lowest BCUT2D eigenvalue weighted by Gasteiger charge is -2.16. The first-order valence-corrected chi connectivity index (χ1v) is 11.6. The number of halogens is 2. The zero-order chi connectivity index (χ0) is 23.9. The van der Waals surface area contributed by atoms with Crippen LogP contribution in [0.15, 0.2) is 81.2 Å². The third kappa shape index (κ3) is 4.06. The number of aromatic carboxylic acids is 1. The Balaban J connectivity index is 2.07. The molecule has 33 heavy (non-hydrogen) atoms. The van der Waals surface area contributed by atoms with Crippen molar-refractivity contribution in [2.45, 2.75) is 11.4 Å². The Morgan fingerprint density at radius 2 is 1.55 bits per heavy atom. The van der Waals surface area contributed by atoms with E-state index in [9.17, 15) is 27.9 Å². The molecule has 0 radical (unpaired) electrons. The van der Waals surface area contributed by atoms with Gasteiger partial charge in [0.05, 0.1) is 27.9 Å². The molecule has 1 N–H and O–H groups in total. The van der Waals surface area contributed by atoms with Gasteiger partial charge in [0, 0.05) is 10.0 Å². The minimum absolute atomic E-state index is 0.0697. The predicted octanol–water partition coefficient (Wildman–Crippen LogP) is 3.45. The van der Waals surface area contributed by atoms with Crippen LogP contribution in [0.5, 0.6) is 0 Å². The normalized spacial score (nSPS) is 11.6. The first-order valence-electron chi connectivity index (χ1n) is 9.38. The van der Waals surface area contributed by atoms with Crippen LogP contribution < -0.4 is 11.2 Å². The molecule has 0 saturated carbocycles. The van der Waals surface area contributed by atoms with Crippen molar-refractivity contribution < 1.29 is 18.3 Å². The van der Waals surface area contributed by atoms with Crippen molar-refractivity contribution in [3.8, 4) is 0 Å². The summed E-state index contributed by atoms with van der Waals surface area (Å²) in [6.07, 6.45) is 0. The number of aromatic nitrogens is 2. The van der Waals surface area contributed by atoms with Crippen LogP contribution in [-0.4, -0.2) is 28.0 Å². The van der Waals surface area contributed by atoms with Crippen molar-refractivity contribution in [1.29, 1.82) is 0 Å². The highest BCUT2D eigenvalue weighted by atomic mass is 35.5.